The fraction of sp³-hybridized carbons (Fsp3) is 0.286. The zero-order chi connectivity index (χ0) is 15.6. The van der Waals surface area contributed by atoms with Crippen molar-refractivity contribution in [3.05, 3.63) is 55.1 Å². The molecule has 1 unspecified atom stereocenters. The van der Waals surface area contributed by atoms with Crippen LogP contribution >= 0.6 is 38.9 Å². The fourth-order valence-corrected chi connectivity index (χ4v) is 3.65. The van der Waals surface area contributed by atoms with Gasteiger partial charge in [-0.2, -0.15) is 13.2 Å². The largest absolute Gasteiger partial charge is 0.417 e. The van der Waals surface area contributed by atoms with E-state index in [-0.39, 0.29) is 10.5 Å². The van der Waals surface area contributed by atoms with E-state index in [0.717, 1.165) is 4.88 Å². The van der Waals surface area contributed by atoms with Gasteiger partial charge in [0.05, 0.1) is 15.9 Å². The van der Waals surface area contributed by atoms with E-state index in [2.05, 4.69) is 21.2 Å². The first kappa shape index (κ1) is 16.8. The molecular formula is C14H12BrClF3NS. The summed E-state index contributed by atoms with van der Waals surface area (Å²) in [4.78, 5) is 0.886. The summed E-state index contributed by atoms with van der Waals surface area (Å²) in [5.41, 5.74) is -0.114. The normalized spacial score (nSPS) is 13.4. The molecule has 1 aromatic heterocycles. The highest BCUT2D eigenvalue weighted by atomic mass is 79.9. The van der Waals surface area contributed by atoms with Crippen molar-refractivity contribution in [2.45, 2.75) is 19.1 Å². The van der Waals surface area contributed by atoms with Gasteiger partial charge in [0.25, 0.3) is 0 Å². The molecule has 0 spiro atoms. The molecule has 0 radical (unpaired) electrons. The Kier molecular flexibility index (Phi) is 5.35. The van der Waals surface area contributed by atoms with Gasteiger partial charge in [-0.05, 0) is 36.4 Å². The number of halogens is 5. The summed E-state index contributed by atoms with van der Waals surface area (Å²) in [6.07, 6.45) is -4.39. The average Bonchev–Trinajstić information content (AvgIpc) is 2.82. The average molecular weight is 399 g/mol. The van der Waals surface area contributed by atoms with E-state index in [4.69, 9.17) is 11.6 Å². The van der Waals surface area contributed by atoms with Gasteiger partial charge in [-0.3, -0.25) is 0 Å². The van der Waals surface area contributed by atoms with E-state index in [1.54, 1.807) is 12.1 Å². The summed E-state index contributed by atoms with van der Waals surface area (Å²) < 4.78 is 39.7. The molecule has 1 N–H and O–H groups in total. The second kappa shape index (κ2) is 6.69. The lowest BCUT2D eigenvalue weighted by atomic mass is 10.0. The number of hydrogen-bond donors (Lipinski definition) is 1. The van der Waals surface area contributed by atoms with Crippen LogP contribution in [0.3, 0.4) is 0 Å². The quantitative estimate of drug-likeness (QED) is 0.678. The SMILES string of the molecule is CCNC(c1ccc(Br)c(C(F)(F)F)c1)c1ccc(Cl)s1. The minimum absolute atomic E-state index is 0.0400. The molecule has 0 amide bonds. The first-order chi connectivity index (χ1) is 9.82. The minimum Gasteiger partial charge on any atom is -0.306 e. The third-order valence-electron chi connectivity index (χ3n) is 2.92. The van der Waals surface area contributed by atoms with Gasteiger partial charge < -0.3 is 5.32 Å². The van der Waals surface area contributed by atoms with Gasteiger partial charge in [0.15, 0.2) is 0 Å². The molecule has 2 aromatic rings. The second-order valence-electron chi connectivity index (χ2n) is 4.37. The molecule has 7 heteroatoms. The van der Waals surface area contributed by atoms with Crippen molar-refractivity contribution in [3.8, 4) is 0 Å². The van der Waals surface area contributed by atoms with Crippen LogP contribution in [0.15, 0.2) is 34.8 Å². The van der Waals surface area contributed by atoms with Gasteiger partial charge in [-0.15, -0.1) is 11.3 Å². The van der Waals surface area contributed by atoms with E-state index in [1.807, 2.05) is 13.0 Å². The molecule has 0 saturated heterocycles. The summed E-state index contributed by atoms with van der Waals surface area (Å²) in [7, 11) is 0. The Hall–Kier alpha value is -0.560. The van der Waals surface area contributed by atoms with Crippen molar-refractivity contribution >= 4 is 38.9 Å². The van der Waals surface area contributed by atoms with E-state index in [1.165, 1.54) is 23.5 Å². The molecule has 0 aliphatic heterocycles. The highest BCUT2D eigenvalue weighted by molar-refractivity contribution is 9.10. The summed E-state index contributed by atoms with van der Waals surface area (Å²) in [5.74, 6) is 0. The third kappa shape index (κ3) is 4.00. The predicted octanol–water partition coefficient (Wildman–Crippen LogP) is 5.88. The van der Waals surface area contributed by atoms with Crippen LogP contribution in [0.4, 0.5) is 13.2 Å². The Morgan fingerprint density at radius 3 is 2.52 bits per heavy atom. The molecule has 0 bridgehead atoms. The first-order valence-electron chi connectivity index (χ1n) is 6.18. The molecule has 1 heterocycles. The van der Waals surface area contributed by atoms with Gasteiger partial charge in [0.2, 0.25) is 0 Å². The van der Waals surface area contributed by atoms with Crippen molar-refractivity contribution < 1.29 is 13.2 Å². The predicted molar refractivity (Wildman–Crippen MR) is 84.0 cm³/mol. The highest BCUT2D eigenvalue weighted by Crippen LogP contribution is 2.38. The molecule has 114 valence electrons. The van der Waals surface area contributed by atoms with Gasteiger partial charge in [-0.25, -0.2) is 0 Å². The standard InChI is InChI=1S/C14H12BrClF3NS/c1-2-20-13(11-5-6-12(16)21-11)8-3-4-10(15)9(7-8)14(17,18)19/h3-7,13,20H,2H2,1H3. The van der Waals surface area contributed by atoms with E-state index in [9.17, 15) is 13.2 Å². The monoisotopic (exact) mass is 397 g/mol. The lowest BCUT2D eigenvalue weighted by molar-refractivity contribution is -0.138. The molecule has 0 aliphatic carbocycles. The Labute approximate surface area is 138 Å². The molecule has 1 nitrogen and oxygen atoms in total. The van der Waals surface area contributed by atoms with Gasteiger partial charge in [-0.1, -0.05) is 40.5 Å². The van der Waals surface area contributed by atoms with Gasteiger partial charge in [0, 0.05) is 9.35 Å². The highest BCUT2D eigenvalue weighted by Gasteiger charge is 2.33. The lowest BCUT2D eigenvalue weighted by Gasteiger charge is -2.19. The summed E-state index contributed by atoms with van der Waals surface area (Å²) in [6, 6.07) is 7.55. The van der Waals surface area contributed by atoms with Crippen molar-refractivity contribution in [3.63, 3.8) is 0 Å². The number of benzene rings is 1. The zero-order valence-corrected chi connectivity index (χ0v) is 14.1. The number of alkyl halides is 3. The smallest absolute Gasteiger partial charge is 0.306 e. The van der Waals surface area contributed by atoms with Gasteiger partial charge in [0.1, 0.15) is 0 Å². The molecule has 1 atom stereocenters. The molecule has 0 saturated carbocycles. The molecule has 0 aliphatic rings. The maximum absolute atomic E-state index is 13.0. The topological polar surface area (TPSA) is 12.0 Å². The van der Waals surface area contributed by atoms with Crippen LogP contribution in [-0.4, -0.2) is 6.54 Å². The Balaban J connectivity index is 2.46. The third-order valence-corrected chi connectivity index (χ3v) is 4.90. The number of thiophene rings is 1. The van der Waals surface area contributed by atoms with Crippen LogP contribution in [0.1, 0.15) is 29.0 Å². The van der Waals surface area contributed by atoms with E-state index < -0.39 is 11.7 Å². The Bertz CT molecular complexity index is 627. The lowest BCUT2D eigenvalue weighted by Crippen LogP contribution is -2.21. The van der Waals surface area contributed by atoms with Crippen molar-refractivity contribution in [2.24, 2.45) is 0 Å². The Morgan fingerprint density at radius 1 is 1.29 bits per heavy atom. The van der Waals surface area contributed by atoms with E-state index in [0.29, 0.717) is 16.4 Å². The minimum atomic E-state index is -4.39. The van der Waals surface area contributed by atoms with E-state index >= 15 is 0 Å². The Morgan fingerprint density at radius 2 is 2.00 bits per heavy atom. The van der Waals surface area contributed by atoms with Gasteiger partial charge >= 0.3 is 6.18 Å². The summed E-state index contributed by atoms with van der Waals surface area (Å²) >= 11 is 10.2. The summed E-state index contributed by atoms with van der Waals surface area (Å²) in [5, 5.41) is 3.20. The number of nitrogens with one attached hydrogen (secondary N) is 1. The number of rotatable bonds is 4. The molecule has 1 aromatic carbocycles. The van der Waals surface area contributed by atoms with Crippen LogP contribution in [0.5, 0.6) is 0 Å². The van der Waals surface area contributed by atoms with Crippen molar-refractivity contribution in [1.29, 1.82) is 0 Å². The molecule has 21 heavy (non-hydrogen) atoms. The van der Waals surface area contributed by atoms with Crippen LogP contribution in [-0.2, 0) is 6.18 Å². The maximum atomic E-state index is 13.0. The fourth-order valence-electron chi connectivity index (χ4n) is 2.01. The molecule has 0 fully saturated rings. The summed E-state index contributed by atoms with van der Waals surface area (Å²) in [6.45, 7) is 2.54. The first-order valence-corrected chi connectivity index (χ1v) is 8.17. The number of hydrogen-bond acceptors (Lipinski definition) is 2. The van der Waals surface area contributed by atoms with Crippen LogP contribution in [0.2, 0.25) is 4.34 Å². The van der Waals surface area contributed by atoms with Crippen molar-refractivity contribution in [1.82, 2.24) is 5.32 Å². The van der Waals surface area contributed by atoms with Crippen LogP contribution < -0.4 is 5.32 Å². The maximum Gasteiger partial charge on any atom is 0.417 e. The van der Waals surface area contributed by atoms with Crippen LogP contribution in [0, 0.1) is 0 Å². The zero-order valence-electron chi connectivity index (χ0n) is 11.0. The second-order valence-corrected chi connectivity index (χ2v) is 6.97. The molecule has 2 rings (SSSR count). The van der Waals surface area contributed by atoms with Crippen molar-refractivity contribution in [2.75, 3.05) is 6.54 Å². The molecular weight excluding hydrogens is 387 g/mol. The van der Waals surface area contributed by atoms with Crippen LogP contribution in [0.25, 0.3) is 0 Å².